The van der Waals surface area contributed by atoms with Crippen molar-refractivity contribution < 1.29 is 8.78 Å². The molecule has 0 aliphatic carbocycles. The summed E-state index contributed by atoms with van der Waals surface area (Å²) in [5.74, 6) is -0.986. The van der Waals surface area contributed by atoms with Crippen LogP contribution in [0.25, 0.3) is 0 Å². The van der Waals surface area contributed by atoms with Crippen LogP contribution >= 0.6 is 0 Å². The molecule has 0 radical (unpaired) electrons. The Hall–Kier alpha value is -1.00. The normalized spacial score (nSPS) is 17.7. The Bertz CT molecular complexity index is 426. The highest BCUT2D eigenvalue weighted by Crippen LogP contribution is 2.26. The molecule has 0 aromatic heterocycles. The molecule has 1 aromatic carbocycles. The van der Waals surface area contributed by atoms with E-state index in [1.165, 1.54) is 6.07 Å². The van der Waals surface area contributed by atoms with Gasteiger partial charge < -0.3 is 10.6 Å². The molecule has 2 N–H and O–H groups in total. The molecule has 0 unspecified atom stereocenters. The Morgan fingerprint density at radius 3 is 2.58 bits per heavy atom. The highest BCUT2D eigenvalue weighted by Gasteiger charge is 2.25. The lowest BCUT2D eigenvalue weighted by Crippen LogP contribution is -2.44. The van der Waals surface area contributed by atoms with E-state index in [-0.39, 0.29) is 5.41 Å². The maximum absolute atomic E-state index is 13.8. The number of hydrogen-bond donors (Lipinski definition) is 2. The number of piperidine rings is 1. The minimum absolute atomic E-state index is 0.345. The van der Waals surface area contributed by atoms with Gasteiger partial charge in [-0.25, -0.2) is 8.78 Å². The van der Waals surface area contributed by atoms with Crippen LogP contribution in [0, 0.1) is 11.6 Å². The third-order valence-corrected chi connectivity index (χ3v) is 3.83. The van der Waals surface area contributed by atoms with Crippen LogP contribution in [0.1, 0.15) is 32.3 Å². The van der Waals surface area contributed by atoms with Gasteiger partial charge in [0.25, 0.3) is 0 Å². The van der Waals surface area contributed by atoms with Crippen molar-refractivity contribution in [3.63, 3.8) is 0 Å². The second kappa shape index (κ2) is 5.97. The first kappa shape index (κ1) is 14.4. The predicted molar refractivity (Wildman–Crippen MR) is 73.3 cm³/mol. The van der Waals surface area contributed by atoms with Crippen LogP contribution in [-0.2, 0) is 5.41 Å². The first-order valence-corrected chi connectivity index (χ1v) is 6.89. The lowest BCUT2D eigenvalue weighted by molar-refractivity contribution is 0.346. The smallest absolute Gasteiger partial charge is 0.129 e. The van der Waals surface area contributed by atoms with E-state index in [2.05, 4.69) is 10.6 Å². The Kier molecular flexibility index (Phi) is 4.53. The van der Waals surface area contributed by atoms with E-state index in [4.69, 9.17) is 0 Å². The van der Waals surface area contributed by atoms with Crippen LogP contribution in [0.3, 0.4) is 0 Å². The minimum atomic E-state index is -0.525. The van der Waals surface area contributed by atoms with Gasteiger partial charge in [0, 0.05) is 24.1 Å². The Morgan fingerprint density at radius 2 is 1.95 bits per heavy atom. The fraction of sp³-hybridized carbons (Fsp3) is 0.600. The van der Waals surface area contributed by atoms with E-state index in [0.717, 1.165) is 32.0 Å². The fourth-order valence-corrected chi connectivity index (χ4v) is 2.56. The Balaban J connectivity index is 2.00. The molecule has 19 heavy (non-hydrogen) atoms. The number of halogens is 2. The van der Waals surface area contributed by atoms with Gasteiger partial charge in [-0.3, -0.25) is 0 Å². The van der Waals surface area contributed by atoms with Crippen molar-refractivity contribution >= 4 is 0 Å². The van der Waals surface area contributed by atoms with E-state index < -0.39 is 11.6 Å². The topological polar surface area (TPSA) is 24.1 Å². The largest absolute Gasteiger partial charge is 0.317 e. The van der Waals surface area contributed by atoms with E-state index in [1.807, 2.05) is 13.8 Å². The van der Waals surface area contributed by atoms with Crippen molar-refractivity contribution in [3.8, 4) is 0 Å². The zero-order valence-corrected chi connectivity index (χ0v) is 11.6. The maximum atomic E-state index is 13.8. The van der Waals surface area contributed by atoms with Gasteiger partial charge in [-0.05, 0) is 37.6 Å². The summed E-state index contributed by atoms with van der Waals surface area (Å²) >= 11 is 0. The molecule has 2 nitrogen and oxygen atoms in total. The number of benzene rings is 1. The number of hydrogen-bond acceptors (Lipinski definition) is 2. The van der Waals surface area contributed by atoms with Crippen molar-refractivity contribution in [2.24, 2.45) is 0 Å². The predicted octanol–water partition coefficient (Wildman–Crippen LogP) is 2.58. The SMILES string of the molecule is CC(C)(CNC1CCNCC1)c1ccc(F)cc1F. The summed E-state index contributed by atoms with van der Waals surface area (Å²) in [6.45, 7) is 6.72. The van der Waals surface area contributed by atoms with Crippen molar-refractivity contribution in [2.75, 3.05) is 19.6 Å². The third-order valence-electron chi connectivity index (χ3n) is 3.83. The Labute approximate surface area is 113 Å². The zero-order chi connectivity index (χ0) is 13.9. The second-order valence-corrected chi connectivity index (χ2v) is 5.91. The Morgan fingerprint density at radius 1 is 1.26 bits per heavy atom. The molecule has 0 atom stereocenters. The summed E-state index contributed by atoms with van der Waals surface area (Å²) in [7, 11) is 0. The molecule has 0 amide bonds. The number of rotatable bonds is 4. The molecular weight excluding hydrogens is 246 g/mol. The van der Waals surface area contributed by atoms with Gasteiger partial charge >= 0.3 is 0 Å². The van der Waals surface area contributed by atoms with Crippen LogP contribution in [-0.4, -0.2) is 25.7 Å². The molecule has 0 bridgehead atoms. The quantitative estimate of drug-likeness (QED) is 0.877. The lowest BCUT2D eigenvalue weighted by atomic mass is 9.83. The van der Waals surface area contributed by atoms with Gasteiger partial charge in [-0.15, -0.1) is 0 Å². The summed E-state index contributed by atoms with van der Waals surface area (Å²) in [6.07, 6.45) is 2.20. The molecule has 2 rings (SSSR count). The molecule has 106 valence electrons. The van der Waals surface area contributed by atoms with E-state index in [9.17, 15) is 8.78 Å². The van der Waals surface area contributed by atoms with E-state index >= 15 is 0 Å². The summed E-state index contributed by atoms with van der Waals surface area (Å²) in [5.41, 5.74) is 0.221. The number of nitrogens with one attached hydrogen (secondary N) is 2. The molecule has 4 heteroatoms. The molecule has 1 aliphatic heterocycles. The van der Waals surface area contributed by atoms with Gasteiger partial charge in [0.15, 0.2) is 0 Å². The van der Waals surface area contributed by atoms with Crippen LogP contribution in [0.2, 0.25) is 0 Å². The third kappa shape index (κ3) is 3.74. The highest BCUT2D eigenvalue weighted by atomic mass is 19.1. The average molecular weight is 268 g/mol. The molecule has 0 saturated carbocycles. The zero-order valence-electron chi connectivity index (χ0n) is 11.6. The van der Waals surface area contributed by atoms with Crippen LogP contribution in [0.15, 0.2) is 18.2 Å². The minimum Gasteiger partial charge on any atom is -0.317 e. The summed E-state index contributed by atoms with van der Waals surface area (Å²) < 4.78 is 26.8. The lowest BCUT2D eigenvalue weighted by Gasteiger charge is -2.31. The fourth-order valence-electron chi connectivity index (χ4n) is 2.56. The van der Waals surface area contributed by atoms with Crippen LogP contribution in [0.4, 0.5) is 8.78 Å². The first-order chi connectivity index (χ1) is 8.99. The summed E-state index contributed by atoms with van der Waals surface area (Å²) in [5, 5.41) is 6.82. The maximum Gasteiger partial charge on any atom is 0.129 e. The van der Waals surface area contributed by atoms with E-state index in [1.54, 1.807) is 6.07 Å². The molecule has 0 spiro atoms. The van der Waals surface area contributed by atoms with Crippen molar-refractivity contribution in [1.82, 2.24) is 10.6 Å². The monoisotopic (exact) mass is 268 g/mol. The second-order valence-electron chi connectivity index (χ2n) is 5.91. The van der Waals surface area contributed by atoms with Gasteiger partial charge in [0.2, 0.25) is 0 Å². The molecule has 1 saturated heterocycles. The molecule has 1 aliphatic rings. The van der Waals surface area contributed by atoms with Gasteiger partial charge in [-0.1, -0.05) is 19.9 Å². The summed E-state index contributed by atoms with van der Waals surface area (Å²) in [6, 6.07) is 4.32. The molecule has 1 heterocycles. The standard InChI is InChI=1S/C15H22F2N2/c1-15(2,10-19-12-5-7-18-8-6-12)13-4-3-11(16)9-14(13)17/h3-4,9,12,18-19H,5-8,10H2,1-2H3. The van der Waals surface area contributed by atoms with Gasteiger partial charge in [-0.2, -0.15) is 0 Å². The molecular formula is C15H22F2N2. The average Bonchev–Trinajstić information content (AvgIpc) is 2.37. The van der Waals surface area contributed by atoms with E-state index in [0.29, 0.717) is 18.2 Å². The summed E-state index contributed by atoms with van der Waals surface area (Å²) in [4.78, 5) is 0. The molecule has 1 aromatic rings. The van der Waals surface area contributed by atoms with Crippen molar-refractivity contribution in [3.05, 3.63) is 35.4 Å². The van der Waals surface area contributed by atoms with Crippen molar-refractivity contribution in [1.29, 1.82) is 0 Å². The van der Waals surface area contributed by atoms with Crippen LogP contribution < -0.4 is 10.6 Å². The van der Waals surface area contributed by atoms with Gasteiger partial charge in [0.05, 0.1) is 0 Å². The van der Waals surface area contributed by atoms with Crippen molar-refractivity contribution in [2.45, 2.75) is 38.1 Å². The first-order valence-electron chi connectivity index (χ1n) is 6.89. The molecule has 1 fully saturated rings. The van der Waals surface area contributed by atoms with Gasteiger partial charge in [0.1, 0.15) is 11.6 Å². The van der Waals surface area contributed by atoms with Crippen LogP contribution in [0.5, 0.6) is 0 Å². The highest BCUT2D eigenvalue weighted by molar-refractivity contribution is 5.26.